The Hall–Kier alpha value is -0.470. The van der Waals surface area contributed by atoms with Crippen LogP contribution < -0.4 is 0 Å². The summed E-state index contributed by atoms with van der Waals surface area (Å²) in [5.74, 6) is 1.68. The molecule has 0 radical (unpaired) electrons. The van der Waals surface area contributed by atoms with Crippen molar-refractivity contribution in [2.45, 2.75) is 19.9 Å². The molecule has 1 aromatic rings. The van der Waals surface area contributed by atoms with Gasteiger partial charge in [-0.15, -0.1) is 0 Å². The predicted molar refractivity (Wildman–Crippen MR) is 68.4 cm³/mol. The average Bonchev–Trinajstić information content (AvgIpc) is 2.29. The minimum atomic E-state index is 0.693. The Balaban J connectivity index is 1.99. The van der Waals surface area contributed by atoms with Gasteiger partial charge in [-0.1, -0.05) is 31.2 Å². The second kappa shape index (κ2) is 5.04. The van der Waals surface area contributed by atoms with Crippen molar-refractivity contribution in [3.63, 3.8) is 0 Å². The maximum Gasteiger partial charge on any atom is 0.0236 e. The molecule has 0 saturated carbocycles. The molecule has 0 amide bonds. The molecule has 1 aliphatic rings. The summed E-state index contributed by atoms with van der Waals surface area (Å²) in [7, 11) is 0. The van der Waals surface area contributed by atoms with Crippen molar-refractivity contribution in [1.82, 2.24) is 4.90 Å². The van der Waals surface area contributed by atoms with Gasteiger partial charge in [-0.05, 0) is 29.2 Å². The monoisotopic (exact) mass is 221 g/mol. The zero-order chi connectivity index (χ0) is 10.7. The normalized spacial score (nSPS) is 18.5. The molecule has 0 aromatic heterocycles. The Labute approximate surface area is 97.9 Å². The summed E-state index contributed by atoms with van der Waals surface area (Å²) < 4.78 is 0. The van der Waals surface area contributed by atoms with Gasteiger partial charge < -0.3 is 0 Å². The molecule has 15 heavy (non-hydrogen) atoms. The van der Waals surface area contributed by atoms with Crippen LogP contribution in [-0.4, -0.2) is 23.7 Å². The SMILES string of the molecule is CC(CS)CN1CCc2ccccc2C1. The molecule has 82 valence electrons. The van der Waals surface area contributed by atoms with Crippen molar-refractivity contribution < 1.29 is 0 Å². The number of benzene rings is 1. The van der Waals surface area contributed by atoms with Crippen LogP contribution in [0.2, 0.25) is 0 Å². The van der Waals surface area contributed by atoms with Crippen LogP contribution in [-0.2, 0) is 13.0 Å². The van der Waals surface area contributed by atoms with E-state index in [0.29, 0.717) is 5.92 Å². The van der Waals surface area contributed by atoms with E-state index in [2.05, 4.69) is 48.7 Å². The van der Waals surface area contributed by atoms with Gasteiger partial charge in [0.15, 0.2) is 0 Å². The van der Waals surface area contributed by atoms with E-state index in [4.69, 9.17) is 0 Å². The van der Waals surface area contributed by atoms with Crippen LogP contribution in [0, 0.1) is 5.92 Å². The molecule has 0 N–H and O–H groups in total. The lowest BCUT2D eigenvalue weighted by molar-refractivity contribution is 0.228. The smallest absolute Gasteiger partial charge is 0.0236 e. The lowest BCUT2D eigenvalue weighted by atomic mass is 9.99. The highest BCUT2D eigenvalue weighted by Gasteiger charge is 2.16. The predicted octanol–water partition coefficient (Wildman–Crippen LogP) is 2.61. The molecular formula is C13H19NS. The van der Waals surface area contributed by atoms with Crippen LogP contribution in [0.15, 0.2) is 24.3 Å². The van der Waals surface area contributed by atoms with Gasteiger partial charge in [-0.2, -0.15) is 12.6 Å². The summed E-state index contributed by atoms with van der Waals surface area (Å²) in [6.45, 7) is 5.77. The first-order valence-electron chi connectivity index (χ1n) is 5.69. The van der Waals surface area contributed by atoms with E-state index in [1.165, 1.54) is 30.6 Å². The molecule has 1 aliphatic heterocycles. The summed E-state index contributed by atoms with van der Waals surface area (Å²) in [5, 5.41) is 0. The number of hydrogen-bond acceptors (Lipinski definition) is 2. The summed E-state index contributed by atoms with van der Waals surface area (Å²) in [4.78, 5) is 2.54. The Morgan fingerprint density at radius 3 is 2.80 bits per heavy atom. The molecule has 2 rings (SSSR count). The van der Waals surface area contributed by atoms with Gasteiger partial charge in [0, 0.05) is 19.6 Å². The van der Waals surface area contributed by atoms with E-state index in [9.17, 15) is 0 Å². The lowest BCUT2D eigenvalue weighted by Gasteiger charge is -2.30. The molecule has 0 fully saturated rings. The Bertz CT molecular complexity index is 324. The van der Waals surface area contributed by atoms with Crippen molar-refractivity contribution in [3.8, 4) is 0 Å². The molecule has 0 spiro atoms. The van der Waals surface area contributed by atoms with Gasteiger partial charge >= 0.3 is 0 Å². The molecule has 1 atom stereocenters. The highest BCUT2D eigenvalue weighted by Crippen LogP contribution is 2.19. The van der Waals surface area contributed by atoms with Gasteiger partial charge in [0.2, 0.25) is 0 Å². The molecule has 0 bridgehead atoms. The molecule has 0 aliphatic carbocycles. The van der Waals surface area contributed by atoms with Crippen molar-refractivity contribution in [3.05, 3.63) is 35.4 Å². The van der Waals surface area contributed by atoms with E-state index in [-0.39, 0.29) is 0 Å². The first-order chi connectivity index (χ1) is 7.29. The Morgan fingerprint density at radius 2 is 2.07 bits per heavy atom. The number of fused-ring (bicyclic) bond motifs is 1. The Kier molecular flexibility index (Phi) is 3.71. The van der Waals surface area contributed by atoms with E-state index in [1.54, 1.807) is 0 Å². The van der Waals surface area contributed by atoms with Crippen molar-refractivity contribution >= 4 is 12.6 Å². The second-order valence-corrected chi connectivity index (χ2v) is 4.91. The van der Waals surface area contributed by atoms with E-state index in [0.717, 1.165) is 12.3 Å². The van der Waals surface area contributed by atoms with Gasteiger partial charge in [0.25, 0.3) is 0 Å². The highest BCUT2D eigenvalue weighted by molar-refractivity contribution is 7.80. The third-order valence-corrected chi connectivity index (χ3v) is 3.71. The van der Waals surface area contributed by atoms with E-state index < -0.39 is 0 Å². The standard InChI is InChI=1S/C13H19NS/c1-11(10-15)8-14-7-6-12-4-2-3-5-13(12)9-14/h2-5,11,15H,6-10H2,1H3. The number of nitrogens with zero attached hydrogens (tertiary/aromatic N) is 1. The summed E-state index contributed by atoms with van der Waals surface area (Å²) in [5.41, 5.74) is 3.04. The average molecular weight is 221 g/mol. The van der Waals surface area contributed by atoms with Gasteiger partial charge in [-0.25, -0.2) is 0 Å². The summed E-state index contributed by atoms with van der Waals surface area (Å²) >= 11 is 4.34. The molecule has 0 saturated heterocycles. The highest BCUT2D eigenvalue weighted by atomic mass is 32.1. The molecule has 1 aromatic carbocycles. The van der Waals surface area contributed by atoms with Crippen LogP contribution in [0.3, 0.4) is 0 Å². The minimum absolute atomic E-state index is 0.693. The largest absolute Gasteiger partial charge is 0.298 e. The number of rotatable bonds is 3. The fourth-order valence-corrected chi connectivity index (χ4v) is 2.32. The quantitative estimate of drug-likeness (QED) is 0.768. The first-order valence-corrected chi connectivity index (χ1v) is 6.33. The fourth-order valence-electron chi connectivity index (χ4n) is 2.21. The van der Waals surface area contributed by atoms with Gasteiger partial charge in [0.1, 0.15) is 0 Å². The van der Waals surface area contributed by atoms with E-state index in [1.807, 2.05) is 0 Å². The van der Waals surface area contributed by atoms with Crippen molar-refractivity contribution in [2.75, 3.05) is 18.8 Å². The van der Waals surface area contributed by atoms with Crippen LogP contribution in [0.4, 0.5) is 0 Å². The van der Waals surface area contributed by atoms with Gasteiger partial charge in [0.05, 0.1) is 0 Å². The van der Waals surface area contributed by atoms with Crippen LogP contribution in [0.1, 0.15) is 18.1 Å². The molecule has 1 heterocycles. The lowest BCUT2D eigenvalue weighted by Crippen LogP contribution is -2.34. The zero-order valence-electron chi connectivity index (χ0n) is 9.32. The second-order valence-electron chi connectivity index (χ2n) is 4.54. The zero-order valence-corrected chi connectivity index (χ0v) is 10.2. The fraction of sp³-hybridized carbons (Fsp3) is 0.538. The third-order valence-electron chi connectivity index (χ3n) is 3.09. The summed E-state index contributed by atoms with van der Waals surface area (Å²) in [6.07, 6.45) is 1.20. The first kappa shape index (κ1) is 11.0. The molecule has 1 unspecified atom stereocenters. The molecule has 2 heteroatoms. The molecule has 1 nitrogen and oxygen atoms in total. The third kappa shape index (κ3) is 2.76. The van der Waals surface area contributed by atoms with Gasteiger partial charge in [-0.3, -0.25) is 4.90 Å². The van der Waals surface area contributed by atoms with Crippen molar-refractivity contribution in [2.24, 2.45) is 5.92 Å². The number of thiol groups is 1. The number of hydrogen-bond donors (Lipinski definition) is 1. The van der Waals surface area contributed by atoms with Crippen LogP contribution in [0.25, 0.3) is 0 Å². The maximum absolute atomic E-state index is 4.34. The topological polar surface area (TPSA) is 3.24 Å². The Morgan fingerprint density at radius 1 is 1.33 bits per heavy atom. The van der Waals surface area contributed by atoms with Crippen molar-refractivity contribution in [1.29, 1.82) is 0 Å². The van der Waals surface area contributed by atoms with Crippen LogP contribution >= 0.6 is 12.6 Å². The van der Waals surface area contributed by atoms with Crippen LogP contribution in [0.5, 0.6) is 0 Å². The van der Waals surface area contributed by atoms with E-state index >= 15 is 0 Å². The minimum Gasteiger partial charge on any atom is -0.298 e. The molecular weight excluding hydrogens is 202 g/mol. The maximum atomic E-state index is 4.34. The summed E-state index contributed by atoms with van der Waals surface area (Å²) in [6, 6.07) is 8.80.